The number of nitrogens with one attached hydrogen (secondary N) is 2. The van der Waals surface area contributed by atoms with E-state index in [2.05, 4.69) is 20.8 Å². The number of aryl methyl sites for hydroxylation is 1. The summed E-state index contributed by atoms with van der Waals surface area (Å²) in [4.78, 5) is 24.6. The zero-order chi connectivity index (χ0) is 21.5. The van der Waals surface area contributed by atoms with Crippen LogP contribution in [0.15, 0.2) is 42.5 Å². The quantitative estimate of drug-likeness (QED) is 0.574. The Morgan fingerprint density at radius 3 is 2.27 bits per heavy atom. The number of carbonyl (C=O) groups excluding carboxylic acids is 2. The van der Waals surface area contributed by atoms with Gasteiger partial charge in [-0.25, -0.2) is 0 Å². The molecule has 0 bridgehead atoms. The molecule has 0 saturated carbocycles. The number of nitrogens with zero attached hydrogens (tertiary/aromatic N) is 2. The molecule has 0 aliphatic rings. The van der Waals surface area contributed by atoms with E-state index in [4.69, 9.17) is 9.47 Å². The second-order valence-corrected chi connectivity index (χ2v) is 7.41. The molecule has 156 valence electrons. The third kappa shape index (κ3) is 5.32. The lowest BCUT2D eigenvalue weighted by Crippen LogP contribution is -2.25. The fourth-order valence-electron chi connectivity index (χ4n) is 2.66. The summed E-state index contributed by atoms with van der Waals surface area (Å²) in [5.74, 6) is 0.508. The van der Waals surface area contributed by atoms with Crippen LogP contribution < -0.4 is 20.1 Å². The predicted molar refractivity (Wildman–Crippen MR) is 115 cm³/mol. The first-order chi connectivity index (χ1) is 14.5. The highest BCUT2D eigenvalue weighted by molar-refractivity contribution is 7.15. The van der Waals surface area contributed by atoms with Crippen molar-refractivity contribution in [2.24, 2.45) is 0 Å². The Morgan fingerprint density at radius 1 is 0.933 bits per heavy atom. The first kappa shape index (κ1) is 21.3. The summed E-state index contributed by atoms with van der Waals surface area (Å²) in [6.07, 6.45) is 0.603. The zero-order valence-corrected chi connectivity index (χ0v) is 17.7. The van der Waals surface area contributed by atoms with Crippen LogP contribution in [0.5, 0.6) is 11.5 Å². The lowest BCUT2D eigenvalue weighted by molar-refractivity contribution is 0.0951. The van der Waals surface area contributed by atoms with Gasteiger partial charge in [0.2, 0.25) is 10.0 Å². The van der Waals surface area contributed by atoms with Gasteiger partial charge in [-0.2, -0.15) is 0 Å². The molecule has 9 heteroatoms. The van der Waals surface area contributed by atoms with Gasteiger partial charge in [0.25, 0.3) is 11.8 Å². The van der Waals surface area contributed by atoms with Gasteiger partial charge in [-0.15, -0.1) is 10.2 Å². The predicted octanol–water partition coefficient (Wildman–Crippen LogP) is 3.09. The van der Waals surface area contributed by atoms with Crippen LogP contribution in [0.25, 0.3) is 0 Å². The van der Waals surface area contributed by atoms with E-state index in [9.17, 15) is 9.59 Å². The number of hydrogen-bond acceptors (Lipinski definition) is 7. The Kier molecular flexibility index (Phi) is 6.97. The summed E-state index contributed by atoms with van der Waals surface area (Å²) >= 11 is 0.946. The second-order valence-electron chi connectivity index (χ2n) is 6.43. The van der Waals surface area contributed by atoms with Gasteiger partial charge in [-0.05, 0) is 43.2 Å². The van der Waals surface area contributed by atoms with Gasteiger partial charge >= 0.3 is 0 Å². The SMILES string of the molecule is COc1ccc(CCNC(=O)c2nnc(C(=O)Nc3ccc(C)cc3)s2)cc1OC. The van der Waals surface area contributed by atoms with Gasteiger partial charge < -0.3 is 20.1 Å². The van der Waals surface area contributed by atoms with Crippen molar-refractivity contribution >= 4 is 28.8 Å². The van der Waals surface area contributed by atoms with Crippen molar-refractivity contribution in [1.82, 2.24) is 15.5 Å². The Labute approximate surface area is 178 Å². The third-order valence-corrected chi connectivity index (χ3v) is 5.19. The molecule has 1 heterocycles. The minimum absolute atomic E-state index is 0.126. The van der Waals surface area contributed by atoms with E-state index >= 15 is 0 Å². The topological polar surface area (TPSA) is 102 Å². The third-order valence-electron chi connectivity index (χ3n) is 4.27. The molecule has 0 atom stereocenters. The molecule has 3 aromatic rings. The molecule has 2 amide bonds. The fraction of sp³-hybridized carbons (Fsp3) is 0.238. The van der Waals surface area contributed by atoms with Crippen molar-refractivity contribution in [3.63, 3.8) is 0 Å². The van der Waals surface area contributed by atoms with Gasteiger partial charge in [0.05, 0.1) is 14.2 Å². The number of aromatic nitrogens is 2. The summed E-state index contributed by atoms with van der Waals surface area (Å²) in [6.45, 7) is 2.37. The molecule has 0 aliphatic heterocycles. The van der Waals surface area contributed by atoms with E-state index in [1.165, 1.54) is 0 Å². The molecule has 1 aromatic heterocycles. The van der Waals surface area contributed by atoms with Crippen LogP contribution in [0.3, 0.4) is 0 Å². The van der Waals surface area contributed by atoms with Crippen LogP contribution in [0.1, 0.15) is 30.7 Å². The number of rotatable bonds is 8. The minimum atomic E-state index is -0.402. The highest BCUT2D eigenvalue weighted by Gasteiger charge is 2.17. The summed E-state index contributed by atoms with van der Waals surface area (Å²) in [5, 5.41) is 13.4. The Balaban J connectivity index is 1.53. The molecule has 3 rings (SSSR count). The first-order valence-electron chi connectivity index (χ1n) is 9.20. The number of hydrogen-bond donors (Lipinski definition) is 2. The Morgan fingerprint density at radius 2 is 1.60 bits per heavy atom. The van der Waals surface area contributed by atoms with Crippen LogP contribution in [0.4, 0.5) is 5.69 Å². The van der Waals surface area contributed by atoms with Crippen LogP contribution in [-0.2, 0) is 6.42 Å². The summed E-state index contributed by atoms with van der Waals surface area (Å²) < 4.78 is 10.5. The number of ether oxygens (including phenoxy) is 2. The van der Waals surface area contributed by atoms with E-state index in [1.807, 2.05) is 37.3 Å². The Hall–Kier alpha value is -3.46. The van der Waals surface area contributed by atoms with Crippen LogP contribution in [0.2, 0.25) is 0 Å². The number of anilines is 1. The molecule has 30 heavy (non-hydrogen) atoms. The highest BCUT2D eigenvalue weighted by Crippen LogP contribution is 2.27. The van der Waals surface area contributed by atoms with Crippen LogP contribution >= 0.6 is 11.3 Å². The smallest absolute Gasteiger partial charge is 0.286 e. The fourth-order valence-corrected chi connectivity index (χ4v) is 3.32. The number of amides is 2. The number of benzene rings is 2. The average molecular weight is 426 g/mol. The van der Waals surface area contributed by atoms with Crippen molar-refractivity contribution in [1.29, 1.82) is 0 Å². The monoisotopic (exact) mass is 426 g/mol. The van der Waals surface area contributed by atoms with Crippen LogP contribution in [-0.4, -0.2) is 42.8 Å². The van der Waals surface area contributed by atoms with Crippen molar-refractivity contribution in [3.05, 3.63) is 63.6 Å². The molecular formula is C21H22N4O4S. The average Bonchev–Trinajstić information content (AvgIpc) is 3.26. The van der Waals surface area contributed by atoms with Crippen molar-refractivity contribution in [2.75, 3.05) is 26.1 Å². The standard InChI is InChI=1S/C21H22N4O4S/c1-13-4-7-15(8-5-13)23-19(27)21-25-24-20(30-21)18(26)22-11-10-14-6-9-16(28-2)17(12-14)29-3/h4-9,12H,10-11H2,1-3H3,(H,22,26)(H,23,27). The van der Waals surface area contributed by atoms with E-state index in [-0.39, 0.29) is 15.9 Å². The molecule has 0 fully saturated rings. The van der Waals surface area contributed by atoms with E-state index < -0.39 is 5.91 Å². The van der Waals surface area contributed by atoms with Gasteiger partial charge in [0.15, 0.2) is 11.5 Å². The molecule has 0 aliphatic carbocycles. The van der Waals surface area contributed by atoms with E-state index in [0.717, 1.165) is 22.5 Å². The molecule has 0 saturated heterocycles. The molecule has 0 radical (unpaired) electrons. The summed E-state index contributed by atoms with van der Waals surface area (Å²) in [5.41, 5.74) is 2.74. The lowest BCUT2D eigenvalue weighted by atomic mass is 10.1. The van der Waals surface area contributed by atoms with E-state index in [1.54, 1.807) is 26.4 Å². The number of carbonyl (C=O) groups is 2. The van der Waals surface area contributed by atoms with Gasteiger partial charge in [-0.3, -0.25) is 9.59 Å². The molecule has 8 nitrogen and oxygen atoms in total. The normalized spacial score (nSPS) is 10.4. The van der Waals surface area contributed by atoms with Crippen molar-refractivity contribution in [2.45, 2.75) is 13.3 Å². The number of methoxy groups -OCH3 is 2. The van der Waals surface area contributed by atoms with Gasteiger partial charge in [-0.1, -0.05) is 35.1 Å². The first-order valence-corrected chi connectivity index (χ1v) is 10.0. The molecular weight excluding hydrogens is 404 g/mol. The molecule has 2 aromatic carbocycles. The molecule has 0 unspecified atom stereocenters. The zero-order valence-electron chi connectivity index (χ0n) is 16.9. The Bertz CT molecular complexity index is 1030. The maximum absolute atomic E-state index is 12.3. The molecule has 2 N–H and O–H groups in total. The van der Waals surface area contributed by atoms with Crippen LogP contribution in [0, 0.1) is 6.92 Å². The maximum Gasteiger partial charge on any atom is 0.286 e. The highest BCUT2D eigenvalue weighted by atomic mass is 32.1. The summed E-state index contributed by atoms with van der Waals surface area (Å²) in [6, 6.07) is 13.0. The maximum atomic E-state index is 12.3. The van der Waals surface area contributed by atoms with Gasteiger partial charge in [0, 0.05) is 12.2 Å². The minimum Gasteiger partial charge on any atom is -0.493 e. The van der Waals surface area contributed by atoms with Gasteiger partial charge in [0.1, 0.15) is 0 Å². The second kappa shape index (κ2) is 9.84. The van der Waals surface area contributed by atoms with E-state index in [0.29, 0.717) is 30.2 Å². The lowest BCUT2D eigenvalue weighted by Gasteiger charge is -2.09. The van der Waals surface area contributed by atoms with Crippen molar-refractivity contribution in [3.8, 4) is 11.5 Å². The largest absolute Gasteiger partial charge is 0.493 e. The van der Waals surface area contributed by atoms with Crippen molar-refractivity contribution < 1.29 is 19.1 Å². The molecule has 0 spiro atoms. The summed E-state index contributed by atoms with van der Waals surface area (Å²) in [7, 11) is 3.15.